The number of hydrogen-bond acceptors (Lipinski definition) is 3. The molecule has 0 aliphatic heterocycles. The highest BCUT2D eigenvalue weighted by atomic mass is 16.5. The molecular formula is C20H17NO4. The Hall–Kier alpha value is -3.34. The molecule has 3 aromatic rings. The van der Waals surface area contributed by atoms with Gasteiger partial charge >= 0.3 is 5.97 Å². The van der Waals surface area contributed by atoms with Crippen molar-refractivity contribution < 1.29 is 14.6 Å². The fourth-order valence-electron chi connectivity index (χ4n) is 2.59. The van der Waals surface area contributed by atoms with E-state index in [0.717, 1.165) is 5.56 Å². The Balaban J connectivity index is 1.96. The van der Waals surface area contributed by atoms with Crippen LogP contribution in [0.2, 0.25) is 0 Å². The van der Waals surface area contributed by atoms with E-state index in [0.29, 0.717) is 11.4 Å². The minimum absolute atomic E-state index is 0.183. The first kappa shape index (κ1) is 16.5. The van der Waals surface area contributed by atoms with Crippen LogP contribution in [-0.2, 0) is 6.61 Å². The first-order chi connectivity index (χ1) is 12.1. The monoisotopic (exact) mass is 335 g/mol. The second-order valence-corrected chi connectivity index (χ2v) is 5.59. The largest absolute Gasteiger partial charge is 0.483 e. The molecule has 1 aromatic heterocycles. The molecule has 0 amide bonds. The van der Waals surface area contributed by atoms with Gasteiger partial charge in [0.2, 0.25) is 5.43 Å². The van der Waals surface area contributed by atoms with E-state index < -0.39 is 5.97 Å². The average molecular weight is 335 g/mol. The Morgan fingerprint density at radius 3 is 2.56 bits per heavy atom. The molecule has 0 atom stereocenters. The molecule has 5 heteroatoms. The van der Waals surface area contributed by atoms with Crippen molar-refractivity contribution in [2.45, 2.75) is 13.5 Å². The van der Waals surface area contributed by atoms with Crippen LogP contribution in [0.25, 0.3) is 5.69 Å². The van der Waals surface area contributed by atoms with Crippen molar-refractivity contribution in [1.29, 1.82) is 0 Å². The molecule has 5 nitrogen and oxygen atoms in total. The van der Waals surface area contributed by atoms with Gasteiger partial charge in [-0.25, -0.2) is 4.79 Å². The van der Waals surface area contributed by atoms with Gasteiger partial charge in [0.15, 0.2) is 5.75 Å². The maximum Gasteiger partial charge on any atom is 0.335 e. The van der Waals surface area contributed by atoms with Gasteiger partial charge in [0, 0.05) is 18.0 Å². The minimum Gasteiger partial charge on any atom is -0.483 e. The second kappa shape index (κ2) is 7.05. The summed E-state index contributed by atoms with van der Waals surface area (Å²) in [6.45, 7) is 2.06. The predicted octanol–water partition coefficient (Wildman–Crippen LogP) is 3.42. The Morgan fingerprint density at radius 1 is 1.08 bits per heavy atom. The van der Waals surface area contributed by atoms with E-state index in [1.54, 1.807) is 35.9 Å². The van der Waals surface area contributed by atoms with Crippen LogP contribution in [-0.4, -0.2) is 15.6 Å². The molecule has 25 heavy (non-hydrogen) atoms. The molecule has 1 heterocycles. The molecule has 0 aliphatic rings. The minimum atomic E-state index is -0.999. The summed E-state index contributed by atoms with van der Waals surface area (Å²) in [5.74, 6) is -0.742. The molecule has 0 bridgehead atoms. The van der Waals surface area contributed by atoms with Gasteiger partial charge < -0.3 is 14.4 Å². The van der Waals surface area contributed by atoms with Crippen molar-refractivity contribution in [2.24, 2.45) is 0 Å². The number of rotatable bonds is 5. The lowest BCUT2D eigenvalue weighted by atomic mass is 10.2. The topological polar surface area (TPSA) is 68.5 Å². The fraction of sp³-hybridized carbons (Fsp3) is 0.100. The summed E-state index contributed by atoms with van der Waals surface area (Å²) < 4.78 is 7.49. The summed E-state index contributed by atoms with van der Waals surface area (Å²) in [4.78, 5) is 23.4. The molecule has 0 saturated carbocycles. The van der Waals surface area contributed by atoms with Crippen LogP contribution in [0.15, 0.2) is 71.7 Å². The summed E-state index contributed by atoms with van der Waals surface area (Å²) in [7, 11) is 0. The van der Waals surface area contributed by atoms with Gasteiger partial charge in [0.1, 0.15) is 6.61 Å². The molecule has 0 aliphatic carbocycles. The van der Waals surface area contributed by atoms with Gasteiger partial charge in [-0.05, 0) is 30.7 Å². The van der Waals surface area contributed by atoms with Crippen molar-refractivity contribution in [3.63, 3.8) is 0 Å². The highest BCUT2D eigenvalue weighted by molar-refractivity contribution is 5.88. The van der Waals surface area contributed by atoms with Crippen LogP contribution in [0, 0.1) is 6.92 Å². The number of carboxylic acid groups (broad SMARTS) is 1. The predicted molar refractivity (Wildman–Crippen MR) is 94.5 cm³/mol. The van der Waals surface area contributed by atoms with E-state index in [1.165, 1.54) is 12.1 Å². The molecule has 0 saturated heterocycles. The maximum atomic E-state index is 12.2. The summed E-state index contributed by atoms with van der Waals surface area (Å²) in [6, 6.07) is 17.5. The first-order valence-electron chi connectivity index (χ1n) is 7.79. The summed E-state index contributed by atoms with van der Waals surface area (Å²) in [5, 5.41) is 9.15. The fourth-order valence-corrected chi connectivity index (χ4v) is 2.59. The van der Waals surface area contributed by atoms with Crippen molar-refractivity contribution >= 4 is 5.97 Å². The van der Waals surface area contributed by atoms with Gasteiger partial charge in [-0.2, -0.15) is 0 Å². The highest BCUT2D eigenvalue weighted by Crippen LogP contribution is 2.19. The summed E-state index contributed by atoms with van der Waals surface area (Å²) in [6.07, 6.45) is 1.62. The smallest absolute Gasteiger partial charge is 0.335 e. The Morgan fingerprint density at radius 2 is 1.84 bits per heavy atom. The number of benzene rings is 2. The van der Waals surface area contributed by atoms with Gasteiger partial charge in [0.25, 0.3) is 0 Å². The zero-order chi connectivity index (χ0) is 17.8. The normalized spacial score (nSPS) is 10.4. The lowest BCUT2D eigenvalue weighted by molar-refractivity contribution is 0.0697. The molecule has 1 N–H and O–H groups in total. The second-order valence-electron chi connectivity index (χ2n) is 5.59. The van der Waals surface area contributed by atoms with Gasteiger partial charge in [-0.3, -0.25) is 4.79 Å². The van der Waals surface area contributed by atoms with Gasteiger partial charge in [-0.1, -0.05) is 36.4 Å². The molecule has 2 aromatic carbocycles. The number of nitrogens with zero attached hydrogens (tertiary/aromatic N) is 1. The third-order valence-corrected chi connectivity index (χ3v) is 3.89. The number of carboxylic acids is 1. The van der Waals surface area contributed by atoms with Gasteiger partial charge in [0.05, 0.1) is 11.3 Å². The maximum absolute atomic E-state index is 12.2. The van der Waals surface area contributed by atoms with Crippen LogP contribution in [0.1, 0.15) is 21.6 Å². The summed E-state index contributed by atoms with van der Waals surface area (Å²) >= 11 is 0. The molecule has 0 spiro atoms. The van der Waals surface area contributed by atoms with E-state index in [9.17, 15) is 9.59 Å². The highest BCUT2D eigenvalue weighted by Gasteiger charge is 2.11. The van der Waals surface area contributed by atoms with Crippen LogP contribution >= 0.6 is 0 Å². The van der Waals surface area contributed by atoms with E-state index in [4.69, 9.17) is 9.84 Å². The molecule has 0 radical (unpaired) electrons. The third-order valence-electron chi connectivity index (χ3n) is 3.89. The molecule has 0 unspecified atom stereocenters. The molecule has 0 fully saturated rings. The quantitative estimate of drug-likeness (QED) is 0.776. The number of aromatic nitrogens is 1. The van der Waals surface area contributed by atoms with Crippen LogP contribution < -0.4 is 10.2 Å². The lowest BCUT2D eigenvalue weighted by Gasteiger charge is -2.15. The first-order valence-corrected chi connectivity index (χ1v) is 7.79. The van der Waals surface area contributed by atoms with E-state index >= 15 is 0 Å². The van der Waals surface area contributed by atoms with Crippen molar-refractivity contribution in [3.8, 4) is 11.4 Å². The number of carbonyl (C=O) groups is 1. The zero-order valence-corrected chi connectivity index (χ0v) is 13.7. The standard InChI is InChI=1S/C20H17NO4/c1-14-19(25-13-15-6-3-2-4-7-15)18(22)10-11-21(14)17-9-5-8-16(12-17)20(23)24/h2-12H,13H2,1H3,(H,23,24). The Bertz CT molecular complexity index is 961. The summed E-state index contributed by atoms with van der Waals surface area (Å²) in [5.41, 5.74) is 2.21. The third kappa shape index (κ3) is 3.61. The van der Waals surface area contributed by atoms with Gasteiger partial charge in [-0.15, -0.1) is 0 Å². The number of ether oxygens (including phenoxy) is 1. The van der Waals surface area contributed by atoms with Crippen LogP contribution in [0.4, 0.5) is 0 Å². The molecular weight excluding hydrogens is 318 g/mol. The van der Waals surface area contributed by atoms with E-state index in [2.05, 4.69) is 0 Å². The van der Waals surface area contributed by atoms with E-state index in [-0.39, 0.29) is 23.3 Å². The zero-order valence-electron chi connectivity index (χ0n) is 13.7. The number of aromatic carboxylic acids is 1. The number of pyridine rings is 1. The van der Waals surface area contributed by atoms with Crippen molar-refractivity contribution in [3.05, 3.63) is 93.9 Å². The lowest BCUT2D eigenvalue weighted by Crippen LogP contribution is -2.14. The Kier molecular flexibility index (Phi) is 4.66. The van der Waals surface area contributed by atoms with Crippen molar-refractivity contribution in [1.82, 2.24) is 4.57 Å². The number of hydrogen-bond donors (Lipinski definition) is 1. The van der Waals surface area contributed by atoms with Crippen LogP contribution in [0.5, 0.6) is 5.75 Å². The Labute approximate surface area is 144 Å². The molecule has 3 rings (SSSR count). The SMILES string of the molecule is Cc1c(OCc2ccccc2)c(=O)ccn1-c1cccc(C(=O)O)c1. The van der Waals surface area contributed by atoms with Crippen LogP contribution in [0.3, 0.4) is 0 Å². The van der Waals surface area contributed by atoms with E-state index in [1.807, 2.05) is 30.3 Å². The molecule has 126 valence electrons. The van der Waals surface area contributed by atoms with Crippen molar-refractivity contribution in [2.75, 3.05) is 0 Å². The average Bonchev–Trinajstić information content (AvgIpc) is 2.62.